The molecule has 0 aliphatic carbocycles. The van der Waals surface area contributed by atoms with Gasteiger partial charge in [0.25, 0.3) is 0 Å². The summed E-state index contributed by atoms with van der Waals surface area (Å²) in [5, 5.41) is 10.8. The van der Waals surface area contributed by atoms with E-state index in [2.05, 4.69) is 18.4 Å². The second-order valence-corrected chi connectivity index (χ2v) is 3.95. The minimum Gasteiger partial charge on any atom is -0.392 e. The smallest absolute Gasteiger partial charge is 0.0615 e. The fraction of sp³-hybridized carbons (Fsp3) is 0.455. The normalized spacial score (nSPS) is 11.2. The average Bonchev–Trinajstić information content (AvgIpc) is 2.59. The van der Waals surface area contributed by atoms with Crippen LogP contribution in [0.15, 0.2) is 17.5 Å². The summed E-state index contributed by atoms with van der Waals surface area (Å²) in [6, 6.07) is 2.18. The van der Waals surface area contributed by atoms with Gasteiger partial charge in [-0.1, -0.05) is 19.4 Å². The predicted octanol–water partition coefficient (Wildman–Crippen LogP) is 3.10. The van der Waals surface area contributed by atoms with Crippen LogP contribution >= 0.6 is 11.3 Å². The predicted molar refractivity (Wildman–Crippen MR) is 59.1 cm³/mol. The third-order valence-corrected chi connectivity index (χ3v) is 2.88. The lowest BCUT2D eigenvalue weighted by Gasteiger charge is -1.97. The third-order valence-electron chi connectivity index (χ3n) is 1.96. The van der Waals surface area contributed by atoms with Gasteiger partial charge in [-0.25, -0.2) is 0 Å². The summed E-state index contributed by atoms with van der Waals surface area (Å²) >= 11 is 1.74. The lowest BCUT2D eigenvalue weighted by Crippen LogP contribution is -1.83. The first-order chi connectivity index (χ1) is 6.38. The van der Waals surface area contributed by atoms with Gasteiger partial charge in [0.1, 0.15) is 0 Å². The van der Waals surface area contributed by atoms with E-state index in [1.165, 1.54) is 23.3 Å². The summed E-state index contributed by atoms with van der Waals surface area (Å²) in [5.41, 5.74) is 1.41. The summed E-state index contributed by atoms with van der Waals surface area (Å²) < 4.78 is 0. The highest BCUT2D eigenvalue weighted by molar-refractivity contribution is 7.11. The van der Waals surface area contributed by atoms with Gasteiger partial charge in [0.05, 0.1) is 6.61 Å². The summed E-state index contributed by atoms with van der Waals surface area (Å²) in [6.07, 6.45) is 7.44. The molecule has 0 aliphatic rings. The lowest BCUT2D eigenvalue weighted by molar-refractivity contribution is 0.343. The van der Waals surface area contributed by atoms with E-state index >= 15 is 0 Å². The van der Waals surface area contributed by atoms with E-state index in [-0.39, 0.29) is 6.61 Å². The maximum Gasteiger partial charge on any atom is 0.0615 e. The number of rotatable bonds is 5. The Bertz CT molecular complexity index is 263. The van der Waals surface area contributed by atoms with Crippen molar-refractivity contribution in [3.8, 4) is 0 Å². The van der Waals surface area contributed by atoms with E-state index < -0.39 is 0 Å². The molecule has 0 saturated heterocycles. The van der Waals surface area contributed by atoms with Gasteiger partial charge in [-0.2, -0.15) is 0 Å². The molecule has 1 N–H and O–H groups in total. The van der Waals surface area contributed by atoms with E-state index in [1.54, 1.807) is 17.4 Å². The van der Waals surface area contributed by atoms with Crippen molar-refractivity contribution < 1.29 is 5.11 Å². The van der Waals surface area contributed by atoms with Gasteiger partial charge in [-0.15, -0.1) is 11.3 Å². The number of aryl methyl sites for hydroxylation is 1. The molecule has 0 unspecified atom stereocenters. The van der Waals surface area contributed by atoms with Crippen molar-refractivity contribution >= 4 is 17.4 Å². The first-order valence-electron chi connectivity index (χ1n) is 4.72. The zero-order chi connectivity index (χ0) is 9.52. The molecule has 0 spiro atoms. The number of unbranched alkanes of at least 4 members (excludes halogenated alkanes) is 1. The molecule has 13 heavy (non-hydrogen) atoms. The van der Waals surface area contributed by atoms with Crippen LogP contribution in [0.4, 0.5) is 0 Å². The topological polar surface area (TPSA) is 20.2 Å². The highest BCUT2D eigenvalue weighted by atomic mass is 32.1. The second kappa shape index (κ2) is 5.95. The van der Waals surface area contributed by atoms with Gasteiger partial charge in [0.2, 0.25) is 0 Å². The van der Waals surface area contributed by atoms with Crippen LogP contribution in [-0.4, -0.2) is 11.7 Å². The molecular formula is C11H16OS. The van der Waals surface area contributed by atoms with Crippen LogP contribution in [0.5, 0.6) is 0 Å². The molecule has 1 heterocycles. The molecule has 0 amide bonds. The van der Waals surface area contributed by atoms with Crippen molar-refractivity contribution in [2.24, 2.45) is 0 Å². The van der Waals surface area contributed by atoms with Crippen molar-refractivity contribution in [3.05, 3.63) is 28.0 Å². The quantitative estimate of drug-likeness (QED) is 0.767. The molecular weight excluding hydrogens is 180 g/mol. The molecule has 2 heteroatoms. The SMILES string of the molecule is CCCCc1ccsc1C=CCO. The number of aliphatic hydroxyl groups excluding tert-OH is 1. The van der Waals surface area contributed by atoms with E-state index in [0.717, 1.165) is 6.42 Å². The Morgan fingerprint density at radius 2 is 2.38 bits per heavy atom. The molecule has 1 nitrogen and oxygen atoms in total. The summed E-state index contributed by atoms with van der Waals surface area (Å²) in [4.78, 5) is 1.29. The minimum absolute atomic E-state index is 0.130. The summed E-state index contributed by atoms with van der Waals surface area (Å²) in [5.74, 6) is 0. The second-order valence-electron chi connectivity index (χ2n) is 3.00. The van der Waals surface area contributed by atoms with Gasteiger partial charge in [0.15, 0.2) is 0 Å². The molecule has 1 aromatic rings. The van der Waals surface area contributed by atoms with Crippen molar-refractivity contribution in [1.29, 1.82) is 0 Å². The fourth-order valence-electron chi connectivity index (χ4n) is 1.23. The van der Waals surface area contributed by atoms with Gasteiger partial charge < -0.3 is 5.11 Å². The van der Waals surface area contributed by atoms with E-state index in [4.69, 9.17) is 5.11 Å². The average molecular weight is 196 g/mol. The Hall–Kier alpha value is -0.600. The summed E-state index contributed by atoms with van der Waals surface area (Å²) in [7, 11) is 0. The van der Waals surface area contributed by atoms with Crippen LogP contribution < -0.4 is 0 Å². The molecule has 0 aromatic carbocycles. The highest BCUT2D eigenvalue weighted by Crippen LogP contribution is 2.20. The maximum atomic E-state index is 8.65. The van der Waals surface area contributed by atoms with Crippen molar-refractivity contribution in [3.63, 3.8) is 0 Å². The van der Waals surface area contributed by atoms with Gasteiger partial charge in [-0.05, 0) is 35.9 Å². The largest absolute Gasteiger partial charge is 0.392 e. The highest BCUT2D eigenvalue weighted by Gasteiger charge is 1.99. The molecule has 0 fully saturated rings. The molecule has 0 bridgehead atoms. The Labute approximate surface area is 83.7 Å². The Morgan fingerprint density at radius 1 is 1.54 bits per heavy atom. The van der Waals surface area contributed by atoms with Gasteiger partial charge >= 0.3 is 0 Å². The van der Waals surface area contributed by atoms with Gasteiger partial charge in [-0.3, -0.25) is 0 Å². The number of hydrogen-bond donors (Lipinski definition) is 1. The number of hydrogen-bond acceptors (Lipinski definition) is 2. The first kappa shape index (κ1) is 10.5. The van der Waals surface area contributed by atoms with E-state index in [1.807, 2.05) is 6.08 Å². The van der Waals surface area contributed by atoms with Crippen LogP contribution in [0.25, 0.3) is 6.08 Å². The van der Waals surface area contributed by atoms with Crippen molar-refractivity contribution in [2.75, 3.05) is 6.61 Å². The van der Waals surface area contributed by atoms with Crippen LogP contribution in [0.1, 0.15) is 30.2 Å². The van der Waals surface area contributed by atoms with Gasteiger partial charge in [0, 0.05) is 4.88 Å². The van der Waals surface area contributed by atoms with Crippen LogP contribution in [0.2, 0.25) is 0 Å². The number of aliphatic hydroxyl groups is 1. The Kier molecular flexibility index (Phi) is 4.79. The molecule has 0 saturated carbocycles. The van der Waals surface area contributed by atoms with Crippen molar-refractivity contribution in [2.45, 2.75) is 26.2 Å². The minimum atomic E-state index is 0.130. The molecule has 1 rings (SSSR count). The van der Waals surface area contributed by atoms with Crippen LogP contribution in [-0.2, 0) is 6.42 Å². The summed E-state index contributed by atoms with van der Waals surface area (Å²) in [6.45, 7) is 2.33. The molecule has 0 atom stereocenters. The first-order valence-corrected chi connectivity index (χ1v) is 5.60. The zero-order valence-electron chi connectivity index (χ0n) is 7.99. The molecule has 0 radical (unpaired) electrons. The number of thiophene rings is 1. The molecule has 72 valence electrons. The monoisotopic (exact) mass is 196 g/mol. The third kappa shape index (κ3) is 3.33. The zero-order valence-corrected chi connectivity index (χ0v) is 8.81. The maximum absolute atomic E-state index is 8.65. The van der Waals surface area contributed by atoms with E-state index in [9.17, 15) is 0 Å². The standard InChI is InChI=1S/C11H16OS/c1-2-3-5-10-7-9-13-11(10)6-4-8-12/h4,6-7,9,12H,2-3,5,8H2,1H3. The molecule has 1 aromatic heterocycles. The van der Waals surface area contributed by atoms with Crippen LogP contribution in [0.3, 0.4) is 0 Å². The van der Waals surface area contributed by atoms with Crippen LogP contribution in [0, 0.1) is 0 Å². The fourth-order valence-corrected chi connectivity index (χ4v) is 2.10. The van der Waals surface area contributed by atoms with Crippen molar-refractivity contribution in [1.82, 2.24) is 0 Å². The van der Waals surface area contributed by atoms with E-state index in [0.29, 0.717) is 0 Å². The lowest BCUT2D eigenvalue weighted by atomic mass is 10.1. The Balaban J connectivity index is 2.60. The molecule has 0 aliphatic heterocycles. The Morgan fingerprint density at radius 3 is 3.08 bits per heavy atom.